The summed E-state index contributed by atoms with van der Waals surface area (Å²) in [5.41, 5.74) is 0. The Morgan fingerprint density at radius 1 is 1.38 bits per heavy atom. The van der Waals surface area contributed by atoms with Gasteiger partial charge in [-0.15, -0.1) is 0 Å². The Morgan fingerprint density at radius 2 is 2.08 bits per heavy atom. The van der Waals surface area contributed by atoms with E-state index >= 15 is 0 Å². The summed E-state index contributed by atoms with van der Waals surface area (Å²) in [7, 11) is 0. The molecule has 0 aromatic rings. The van der Waals surface area contributed by atoms with Crippen LogP contribution in [0.4, 0.5) is 13.2 Å². The standard InChI is InChI=1S/C8H14F3NO/c9-8(10,11)3-5-12-4-1-2-7(12)6-13/h7,13H,1-6H2. The van der Waals surface area contributed by atoms with Crippen molar-refractivity contribution in [3.63, 3.8) is 0 Å². The predicted octanol–water partition coefficient (Wildman–Crippen LogP) is 1.40. The van der Waals surface area contributed by atoms with Crippen molar-refractivity contribution in [2.75, 3.05) is 19.7 Å². The summed E-state index contributed by atoms with van der Waals surface area (Å²) in [6, 6.07) is -0.0534. The molecule has 0 aromatic heterocycles. The molecule has 1 unspecified atom stereocenters. The molecule has 0 bridgehead atoms. The van der Waals surface area contributed by atoms with Gasteiger partial charge in [0.05, 0.1) is 13.0 Å². The fourth-order valence-electron chi connectivity index (χ4n) is 1.67. The van der Waals surface area contributed by atoms with Gasteiger partial charge >= 0.3 is 6.18 Å². The van der Waals surface area contributed by atoms with Crippen molar-refractivity contribution in [2.45, 2.75) is 31.5 Å². The molecule has 1 aliphatic heterocycles. The summed E-state index contributed by atoms with van der Waals surface area (Å²) in [4.78, 5) is 1.72. The lowest BCUT2D eigenvalue weighted by Crippen LogP contribution is -2.34. The fourth-order valence-corrected chi connectivity index (χ4v) is 1.67. The average Bonchev–Trinajstić information content (AvgIpc) is 2.46. The number of aliphatic hydroxyl groups is 1. The molecule has 0 radical (unpaired) electrons. The second-order valence-corrected chi connectivity index (χ2v) is 3.38. The molecule has 1 rings (SSSR count). The van der Waals surface area contributed by atoms with Crippen molar-refractivity contribution in [2.24, 2.45) is 0 Å². The molecule has 13 heavy (non-hydrogen) atoms. The minimum atomic E-state index is -4.08. The molecule has 78 valence electrons. The van der Waals surface area contributed by atoms with Gasteiger partial charge in [-0.1, -0.05) is 0 Å². The minimum Gasteiger partial charge on any atom is -0.395 e. The summed E-state index contributed by atoms with van der Waals surface area (Å²) in [6.45, 7) is 0.674. The van der Waals surface area contributed by atoms with E-state index in [1.54, 1.807) is 4.90 Å². The van der Waals surface area contributed by atoms with Crippen LogP contribution in [0.25, 0.3) is 0 Å². The molecule has 0 aromatic carbocycles. The van der Waals surface area contributed by atoms with Crippen molar-refractivity contribution in [1.82, 2.24) is 4.90 Å². The van der Waals surface area contributed by atoms with Crippen molar-refractivity contribution in [3.8, 4) is 0 Å². The molecule has 1 saturated heterocycles. The van der Waals surface area contributed by atoms with Gasteiger partial charge in [-0.3, -0.25) is 4.90 Å². The first-order chi connectivity index (χ1) is 6.03. The zero-order valence-electron chi connectivity index (χ0n) is 7.35. The molecule has 2 nitrogen and oxygen atoms in total. The van der Waals surface area contributed by atoms with E-state index in [9.17, 15) is 13.2 Å². The topological polar surface area (TPSA) is 23.5 Å². The lowest BCUT2D eigenvalue weighted by atomic mass is 10.2. The fraction of sp³-hybridized carbons (Fsp3) is 1.00. The highest BCUT2D eigenvalue weighted by Gasteiger charge is 2.31. The lowest BCUT2D eigenvalue weighted by molar-refractivity contribution is -0.138. The third-order valence-electron chi connectivity index (χ3n) is 2.39. The molecule has 1 heterocycles. The van der Waals surface area contributed by atoms with Gasteiger partial charge in [-0.05, 0) is 19.4 Å². The van der Waals surface area contributed by atoms with E-state index < -0.39 is 12.6 Å². The van der Waals surface area contributed by atoms with Crippen LogP contribution in [0.15, 0.2) is 0 Å². The number of aliphatic hydroxyl groups excluding tert-OH is 1. The van der Waals surface area contributed by atoms with Crippen LogP contribution in [0, 0.1) is 0 Å². The average molecular weight is 197 g/mol. The Kier molecular flexibility index (Phi) is 3.55. The largest absolute Gasteiger partial charge is 0.395 e. The Balaban J connectivity index is 2.28. The first-order valence-corrected chi connectivity index (χ1v) is 4.44. The summed E-state index contributed by atoms with van der Waals surface area (Å²) >= 11 is 0. The summed E-state index contributed by atoms with van der Waals surface area (Å²) < 4.78 is 35.6. The quantitative estimate of drug-likeness (QED) is 0.739. The van der Waals surface area contributed by atoms with E-state index in [4.69, 9.17) is 5.11 Å². The summed E-state index contributed by atoms with van der Waals surface area (Å²) in [6.07, 6.45) is -3.15. The second kappa shape index (κ2) is 4.28. The molecule has 0 aliphatic carbocycles. The van der Waals surface area contributed by atoms with E-state index in [2.05, 4.69) is 0 Å². The van der Waals surface area contributed by atoms with Gasteiger partial charge in [-0.25, -0.2) is 0 Å². The van der Waals surface area contributed by atoms with Crippen molar-refractivity contribution < 1.29 is 18.3 Å². The van der Waals surface area contributed by atoms with Crippen molar-refractivity contribution in [3.05, 3.63) is 0 Å². The molecule has 1 fully saturated rings. The summed E-state index contributed by atoms with van der Waals surface area (Å²) in [5.74, 6) is 0. The van der Waals surface area contributed by atoms with Gasteiger partial charge in [0, 0.05) is 12.6 Å². The van der Waals surface area contributed by atoms with Gasteiger partial charge in [-0.2, -0.15) is 13.2 Å². The molecule has 0 amide bonds. The number of likely N-dealkylation sites (tertiary alicyclic amines) is 1. The minimum absolute atomic E-state index is 0.0225. The van der Waals surface area contributed by atoms with Crippen molar-refractivity contribution >= 4 is 0 Å². The van der Waals surface area contributed by atoms with E-state index in [1.165, 1.54) is 0 Å². The highest BCUT2D eigenvalue weighted by atomic mass is 19.4. The first-order valence-electron chi connectivity index (χ1n) is 4.44. The van der Waals surface area contributed by atoms with E-state index in [0.717, 1.165) is 12.8 Å². The van der Waals surface area contributed by atoms with Gasteiger partial charge in [0.2, 0.25) is 0 Å². The van der Waals surface area contributed by atoms with Crippen LogP contribution in [-0.4, -0.2) is 41.9 Å². The van der Waals surface area contributed by atoms with Crippen LogP contribution in [0.5, 0.6) is 0 Å². The zero-order chi connectivity index (χ0) is 9.90. The number of hydrogen-bond acceptors (Lipinski definition) is 2. The Bertz CT molecular complexity index is 160. The van der Waals surface area contributed by atoms with Crippen LogP contribution in [0.2, 0.25) is 0 Å². The smallest absolute Gasteiger partial charge is 0.390 e. The van der Waals surface area contributed by atoms with E-state index in [-0.39, 0.29) is 19.2 Å². The molecule has 1 N–H and O–H groups in total. The Labute approximate surface area is 75.3 Å². The van der Waals surface area contributed by atoms with Crippen LogP contribution >= 0.6 is 0 Å². The van der Waals surface area contributed by atoms with Crippen molar-refractivity contribution in [1.29, 1.82) is 0 Å². The summed E-state index contributed by atoms with van der Waals surface area (Å²) in [5, 5.41) is 8.84. The molecular formula is C8H14F3NO. The number of nitrogens with zero attached hydrogens (tertiary/aromatic N) is 1. The van der Waals surface area contributed by atoms with Gasteiger partial charge in [0.25, 0.3) is 0 Å². The maximum Gasteiger partial charge on any atom is 0.390 e. The molecule has 1 aliphatic rings. The third-order valence-corrected chi connectivity index (χ3v) is 2.39. The maximum absolute atomic E-state index is 11.9. The predicted molar refractivity (Wildman–Crippen MR) is 42.4 cm³/mol. The molecular weight excluding hydrogens is 183 g/mol. The first kappa shape index (κ1) is 10.8. The van der Waals surface area contributed by atoms with Crippen LogP contribution in [-0.2, 0) is 0 Å². The number of rotatable bonds is 3. The Morgan fingerprint density at radius 3 is 2.62 bits per heavy atom. The number of hydrogen-bond donors (Lipinski definition) is 1. The monoisotopic (exact) mass is 197 g/mol. The molecule has 1 atom stereocenters. The van der Waals surface area contributed by atoms with E-state index in [0.29, 0.717) is 6.54 Å². The van der Waals surface area contributed by atoms with Crippen LogP contribution in [0.1, 0.15) is 19.3 Å². The van der Waals surface area contributed by atoms with Crippen LogP contribution < -0.4 is 0 Å². The van der Waals surface area contributed by atoms with E-state index in [1.807, 2.05) is 0 Å². The molecule has 0 saturated carbocycles. The SMILES string of the molecule is OCC1CCCN1CCC(F)(F)F. The molecule has 0 spiro atoms. The molecule has 5 heteroatoms. The highest BCUT2D eigenvalue weighted by Crippen LogP contribution is 2.23. The highest BCUT2D eigenvalue weighted by molar-refractivity contribution is 4.78. The van der Waals surface area contributed by atoms with Gasteiger partial charge in [0.1, 0.15) is 0 Å². The third kappa shape index (κ3) is 3.52. The normalized spacial score (nSPS) is 25.4. The Hall–Kier alpha value is -0.290. The number of halogens is 3. The second-order valence-electron chi connectivity index (χ2n) is 3.38. The van der Waals surface area contributed by atoms with Crippen LogP contribution in [0.3, 0.4) is 0 Å². The number of alkyl halides is 3. The zero-order valence-corrected chi connectivity index (χ0v) is 7.35. The lowest BCUT2D eigenvalue weighted by Gasteiger charge is -2.22. The van der Waals surface area contributed by atoms with Gasteiger partial charge < -0.3 is 5.11 Å². The maximum atomic E-state index is 11.9. The van der Waals surface area contributed by atoms with Gasteiger partial charge in [0.15, 0.2) is 0 Å².